The molecule has 0 amide bonds. The lowest BCUT2D eigenvalue weighted by molar-refractivity contribution is 0.0882. The summed E-state index contributed by atoms with van der Waals surface area (Å²) in [5.74, 6) is -2.76. The van der Waals surface area contributed by atoms with Gasteiger partial charge in [0.05, 0.1) is 18.2 Å². The summed E-state index contributed by atoms with van der Waals surface area (Å²) in [6.07, 6.45) is 2.39. The number of aromatic amines is 1. The number of hydrogen-bond acceptors (Lipinski definition) is 2. The summed E-state index contributed by atoms with van der Waals surface area (Å²) in [7, 11) is 0. The van der Waals surface area contributed by atoms with E-state index in [-0.39, 0.29) is 6.42 Å². The maximum Gasteiger partial charge on any atom is 0.273 e. The number of halogens is 2. The molecule has 11 heavy (non-hydrogen) atoms. The van der Waals surface area contributed by atoms with Gasteiger partial charge in [0.2, 0.25) is 0 Å². The van der Waals surface area contributed by atoms with E-state index < -0.39 is 11.5 Å². The Bertz CT molecular complexity index is 269. The zero-order valence-electron chi connectivity index (χ0n) is 5.64. The second-order valence-electron chi connectivity index (χ2n) is 2.82. The van der Waals surface area contributed by atoms with Crippen molar-refractivity contribution in [1.29, 1.82) is 0 Å². The lowest BCUT2D eigenvalue weighted by Crippen LogP contribution is -2.27. The molecule has 1 fully saturated rings. The summed E-state index contributed by atoms with van der Waals surface area (Å²) in [4.78, 5) is 6.20. The van der Waals surface area contributed by atoms with E-state index in [1.165, 1.54) is 12.5 Å². The number of alkyl halides is 2. The smallest absolute Gasteiger partial charge is 0.273 e. The summed E-state index contributed by atoms with van der Waals surface area (Å²) >= 11 is 0. The van der Waals surface area contributed by atoms with Crippen LogP contribution in [0.2, 0.25) is 0 Å². The fourth-order valence-electron chi connectivity index (χ4n) is 1.10. The molecule has 0 aromatic carbocycles. The molecule has 0 radical (unpaired) electrons. The number of nitrogens with one attached hydrogen (secondary N) is 1. The quantitative estimate of drug-likeness (QED) is 0.630. The van der Waals surface area contributed by atoms with Gasteiger partial charge in [-0.05, 0) is 0 Å². The number of nitrogens with two attached hydrogens (primary N) is 1. The molecule has 3 nitrogen and oxygen atoms in total. The van der Waals surface area contributed by atoms with Crippen LogP contribution in [0.15, 0.2) is 12.5 Å². The Labute approximate surface area is 61.6 Å². The first-order chi connectivity index (χ1) is 5.06. The highest BCUT2D eigenvalue weighted by Gasteiger charge is 2.70. The van der Waals surface area contributed by atoms with E-state index in [9.17, 15) is 8.78 Å². The van der Waals surface area contributed by atoms with Gasteiger partial charge in [-0.2, -0.15) is 0 Å². The SMILES string of the molecule is NC1(c2cnc[nH]2)CC1(F)F. The molecule has 1 atom stereocenters. The predicted octanol–water partition coefficient (Wildman–Crippen LogP) is 0.603. The predicted molar refractivity (Wildman–Crippen MR) is 34.0 cm³/mol. The monoisotopic (exact) mass is 159 g/mol. The average molecular weight is 159 g/mol. The van der Waals surface area contributed by atoms with Gasteiger partial charge in [-0.15, -0.1) is 0 Å². The molecule has 3 N–H and O–H groups in total. The van der Waals surface area contributed by atoms with Crippen LogP contribution in [0.4, 0.5) is 8.78 Å². The largest absolute Gasteiger partial charge is 0.347 e. The van der Waals surface area contributed by atoms with Crippen LogP contribution < -0.4 is 5.73 Å². The van der Waals surface area contributed by atoms with Crippen molar-refractivity contribution in [3.63, 3.8) is 0 Å². The number of hydrogen-bond donors (Lipinski definition) is 2. The molecule has 2 rings (SSSR count). The minimum atomic E-state index is -2.76. The van der Waals surface area contributed by atoms with Gasteiger partial charge in [-0.1, -0.05) is 0 Å². The van der Waals surface area contributed by atoms with Gasteiger partial charge in [0.1, 0.15) is 5.54 Å². The summed E-state index contributed by atoms with van der Waals surface area (Å²) in [5, 5.41) is 0. The molecule has 1 aliphatic rings. The van der Waals surface area contributed by atoms with Gasteiger partial charge >= 0.3 is 0 Å². The zero-order chi connectivity index (χ0) is 8.11. The Morgan fingerprint density at radius 2 is 2.27 bits per heavy atom. The van der Waals surface area contributed by atoms with Crippen LogP contribution in [-0.4, -0.2) is 15.9 Å². The van der Waals surface area contributed by atoms with E-state index in [2.05, 4.69) is 9.97 Å². The summed E-state index contributed by atoms with van der Waals surface area (Å²) in [5.41, 5.74) is 4.19. The summed E-state index contributed by atoms with van der Waals surface area (Å²) in [6, 6.07) is 0. The Balaban J connectivity index is 2.33. The number of aromatic nitrogens is 2. The fraction of sp³-hybridized carbons (Fsp3) is 0.500. The van der Waals surface area contributed by atoms with Gasteiger partial charge in [-0.3, -0.25) is 0 Å². The van der Waals surface area contributed by atoms with E-state index in [1.54, 1.807) is 0 Å². The van der Waals surface area contributed by atoms with E-state index in [0.717, 1.165) is 0 Å². The molecule has 1 saturated carbocycles. The first-order valence-electron chi connectivity index (χ1n) is 3.22. The highest BCUT2D eigenvalue weighted by molar-refractivity contribution is 5.28. The topological polar surface area (TPSA) is 54.7 Å². The minimum Gasteiger partial charge on any atom is -0.347 e. The van der Waals surface area contributed by atoms with Crippen molar-refractivity contribution in [2.45, 2.75) is 17.9 Å². The Morgan fingerprint density at radius 3 is 2.64 bits per heavy atom. The van der Waals surface area contributed by atoms with Gasteiger partial charge < -0.3 is 10.7 Å². The molecule has 0 bridgehead atoms. The number of rotatable bonds is 1. The molecule has 0 spiro atoms. The Morgan fingerprint density at radius 1 is 1.64 bits per heavy atom. The van der Waals surface area contributed by atoms with Crippen molar-refractivity contribution in [2.24, 2.45) is 5.73 Å². The molecule has 1 aromatic heterocycles. The van der Waals surface area contributed by atoms with Crippen LogP contribution in [0.5, 0.6) is 0 Å². The Hall–Kier alpha value is -0.970. The first kappa shape index (κ1) is 6.72. The van der Waals surface area contributed by atoms with Crippen LogP contribution in [0.25, 0.3) is 0 Å². The highest BCUT2D eigenvalue weighted by atomic mass is 19.3. The molecule has 1 heterocycles. The Kier molecular flexibility index (Phi) is 0.983. The second-order valence-corrected chi connectivity index (χ2v) is 2.82. The van der Waals surface area contributed by atoms with Crippen molar-refractivity contribution in [3.05, 3.63) is 18.2 Å². The standard InChI is InChI=1S/C6H7F2N3/c7-6(8)2-5(6,9)4-1-10-3-11-4/h1,3H,2,9H2,(H,10,11). The molecule has 0 saturated heterocycles. The van der Waals surface area contributed by atoms with E-state index in [1.807, 2.05) is 0 Å². The number of H-pyrrole nitrogens is 1. The normalized spacial score (nSPS) is 33.7. The van der Waals surface area contributed by atoms with Gasteiger partial charge in [0, 0.05) is 6.42 Å². The third kappa shape index (κ3) is 0.712. The summed E-state index contributed by atoms with van der Waals surface area (Å²) in [6.45, 7) is 0. The molecule has 5 heteroatoms. The lowest BCUT2D eigenvalue weighted by Gasteiger charge is -2.05. The highest BCUT2D eigenvalue weighted by Crippen LogP contribution is 2.56. The summed E-state index contributed by atoms with van der Waals surface area (Å²) < 4.78 is 25.1. The third-order valence-corrected chi connectivity index (χ3v) is 2.01. The number of nitrogens with zero attached hydrogens (tertiary/aromatic N) is 1. The third-order valence-electron chi connectivity index (χ3n) is 2.01. The molecular weight excluding hydrogens is 152 g/mol. The van der Waals surface area contributed by atoms with E-state index in [0.29, 0.717) is 5.69 Å². The van der Waals surface area contributed by atoms with Crippen LogP contribution in [-0.2, 0) is 5.54 Å². The van der Waals surface area contributed by atoms with Gasteiger partial charge in [0.25, 0.3) is 5.92 Å². The fourth-order valence-corrected chi connectivity index (χ4v) is 1.10. The maximum atomic E-state index is 12.6. The molecule has 60 valence electrons. The lowest BCUT2D eigenvalue weighted by atomic mass is 10.2. The minimum absolute atomic E-state index is 0.289. The van der Waals surface area contributed by atoms with Crippen molar-refractivity contribution in [2.75, 3.05) is 0 Å². The zero-order valence-corrected chi connectivity index (χ0v) is 5.64. The molecular formula is C6H7F2N3. The van der Waals surface area contributed by atoms with Crippen molar-refractivity contribution < 1.29 is 8.78 Å². The molecule has 1 aliphatic carbocycles. The molecule has 0 aliphatic heterocycles. The van der Waals surface area contributed by atoms with Crippen molar-refractivity contribution in [1.82, 2.24) is 9.97 Å². The van der Waals surface area contributed by atoms with Crippen molar-refractivity contribution in [3.8, 4) is 0 Å². The van der Waals surface area contributed by atoms with Crippen LogP contribution in [0.1, 0.15) is 12.1 Å². The molecule has 1 aromatic rings. The number of imidazole rings is 1. The maximum absolute atomic E-state index is 12.6. The van der Waals surface area contributed by atoms with Crippen LogP contribution in [0.3, 0.4) is 0 Å². The van der Waals surface area contributed by atoms with E-state index in [4.69, 9.17) is 5.73 Å². The average Bonchev–Trinajstić information content (AvgIpc) is 2.36. The molecule has 1 unspecified atom stereocenters. The van der Waals surface area contributed by atoms with Crippen molar-refractivity contribution >= 4 is 0 Å². The second kappa shape index (κ2) is 1.61. The first-order valence-corrected chi connectivity index (χ1v) is 3.22. The van der Waals surface area contributed by atoms with E-state index >= 15 is 0 Å². The van der Waals surface area contributed by atoms with Crippen LogP contribution in [0, 0.1) is 0 Å². The van der Waals surface area contributed by atoms with Gasteiger partial charge in [0.15, 0.2) is 0 Å². The van der Waals surface area contributed by atoms with Crippen LogP contribution >= 0.6 is 0 Å². The van der Waals surface area contributed by atoms with Gasteiger partial charge in [-0.25, -0.2) is 13.8 Å².